The van der Waals surface area contributed by atoms with Gasteiger partial charge in [0.25, 0.3) is 10.1 Å². The number of rotatable bonds is 11. The minimum atomic E-state index is -3.78. The van der Waals surface area contributed by atoms with Crippen LogP contribution in [0.4, 0.5) is 0 Å². The van der Waals surface area contributed by atoms with Crippen molar-refractivity contribution in [3.63, 3.8) is 0 Å². The molecular weight excluding hydrogens is 408 g/mol. The first kappa shape index (κ1) is 23.6. The summed E-state index contributed by atoms with van der Waals surface area (Å²) in [6.45, 7) is 7.74. The molecule has 2 aromatic rings. The van der Waals surface area contributed by atoms with Gasteiger partial charge in [-0.3, -0.25) is 8.39 Å². The van der Waals surface area contributed by atoms with Gasteiger partial charge in [0.05, 0.1) is 22.3 Å². The van der Waals surface area contributed by atoms with Gasteiger partial charge in [0.15, 0.2) is 0 Å². The van der Waals surface area contributed by atoms with Crippen LogP contribution in [-0.4, -0.2) is 30.6 Å². The summed E-state index contributed by atoms with van der Waals surface area (Å²) in [7, 11) is -4.78. The Balaban J connectivity index is 1.89. The molecule has 2 aromatic carbocycles. The largest absolute Gasteiger partial charge is 0.488 e. The number of unbranched alkanes of at least 4 members (excludes halogenated alkanes) is 1. The van der Waals surface area contributed by atoms with Gasteiger partial charge in [0.2, 0.25) is 0 Å². The third-order valence-electron chi connectivity index (χ3n) is 4.42. The van der Waals surface area contributed by atoms with E-state index in [0.29, 0.717) is 17.9 Å². The molecule has 0 fully saturated rings. The monoisotopic (exact) mass is 438 g/mol. The predicted molar refractivity (Wildman–Crippen MR) is 116 cm³/mol. The molecule has 0 radical (unpaired) electrons. The van der Waals surface area contributed by atoms with E-state index in [1.54, 1.807) is 24.3 Å². The van der Waals surface area contributed by atoms with Crippen LogP contribution in [0.2, 0.25) is 0 Å². The summed E-state index contributed by atoms with van der Waals surface area (Å²) in [5.74, 6) is 1.31. The normalized spacial score (nSPS) is 13.2. The third-order valence-corrected chi connectivity index (χ3v) is 7.20. The van der Waals surface area contributed by atoms with Gasteiger partial charge in [-0.25, -0.2) is 0 Å². The van der Waals surface area contributed by atoms with E-state index in [4.69, 9.17) is 8.92 Å². The number of aryl methyl sites for hydroxylation is 1. The standard InChI is InChI=1S/C22H30O5S2/c1-5-6-17-28(23)20-11-9-19(10-12-20)27-22(3,4)15-16-26-29(24,25)21-13-7-18(2)8-14-21/h7-14H,5-6,15-17H2,1-4H3. The van der Waals surface area contributed by atoms with Crippen LogP contribution in [-0.2, 0) is 25.1 Å². The first-order chi connectivity index (χ1) is 13.6. The second-order valence-corrected chi connectivity index (χ2v) is 10.8. The van der Waals surface area contributed by atoms with Crippen LogP contribution < -0.4 is 4.74 Å². The molecule has 1 unspecified atom stereocenters. The van der Waals surface area contributed by atoms with Gasteiger partial charge < -0.3 is 4.74 Å². The minimum Gasteiger partial charge on any atom is -0.488 e. The van der Waals surface area contributed by atoms with Crippen LogP contribution in [0.1, 0.15) is 45.6 Å². The molecule has 2 rings (SSSR count). The summed E-state index contributed by atoms with van der Waals surface area (Å²) in [6, 6.07) is 13.8. The minimum absolute atomic E-state index is 0.0162. The zero-order chi connectivity index (χ0) is 21.5. The molecule has 0 saturated heterocycles. The van der Waals surface area contributed by atoms with Crippen molar-refractivity contribution in [1.82, 2.24) is 0 Å². The van der Waals surface area contributed by atoms with Crippen molar-refractivity contribution in [3.05, 3.63) is 54.1 Å². The first-order valence-corrected chi connectivity index (χ1v) is 12.5. The van der Waals surface area contributed by atoms with Crippen molar-refractivity contribution >= 4 is 20.9 Å². The lowest BCUT2D eigenvalue weighted by Gasteiger charge is -2.26. The summed E-state index contributed by atoms with van der Waals surface area (Å²) in [5, 5.41) is 0. The second kappa shape index (κ2) is 10.4. The van der Waals surface area contributed by atoms with Crippen molar-refractivity contribution in [2.45, 2.75) is 62.3 Å². The number of hydrogen-bond donors (Lipinski definition) is 0. The smallest absolute Gasteiger partial charge is 0.296 e. The number of hydrogen-bond acceptors (Lipinski definition) is 5. The van der Waals surface area contributed by atoms with Crippen LogP contribution in [0.5, 0.6) is 5.75 Å². The van der Waals surface area contributed by atoms with E-state index in [-0.39, 0.29) is 11.5 Å². The molecule has 0 aromatic heterocycles. The molecule has 0 N–H and O–H groups in total. The van der Waals surface area contributed by atoms with Crippen molar-refractivity contribution in [1.29, 1.82) is 0 Å². The van der Waals surface area contributed by atoms with Gasteiger partial charge >= 0.3 is 0 Å². The molecule has 0 heterocycles. The van der Waals surface area contributed by atoms with E-state index in [2.05, 4.69) is 6.92 Å². The summed E-state index contributed by atoms with van der Waals surface area (Å²) < 4.78 is 47.9. The van der Waals surface area contributed by atoms with Crippen LogP contribution in [0.15, 0.2) is 58.3 Å². The van der Waals surface area contributed by atoms with Gasteiger partial charge in [-0.15, -0.1) is 0 Å². The van der Waals surface area contributed by atoms with Crippen molar-refractivity contribution in [2.24, 2.45) is 0 Å². The molecule has 0 aliphatic heterocycles. The quantitative estimate of drug-likeness (QED) is 0.469. The lowest BCUT2D eigenvalue weighted by Crippen LogP contribution is -2.30. The van der Waals surface area contributed by atoms with Crippen LogP contribution >= 0.6 is 0 Å². The fourth-order valence-electron chi connectivity index (χ4n) is 2.59. The Bertz CT molecular complexity index is 901. The zero-order valence-corrected chi connectivity index (χ0v) is 19.1. The van der Waals surface area contributed by atoms with E-state index in [9.17, 15) is 12.6 Å². The Morgan fingerprint density at radius 1 is 1.00 bits per heavy atom. The highest BCUT2D eigenvalue weighted by Gasteiger charge is 2.23. The molecule has 0 aliphatic rings. The molecule has 0 bridgehead atoms. The maximum atomic E-state index is 12.3. The maximum Gasteiger partial charge on any atom is 0.296 e. The van der Waals surface area contributed by atoms with E-state index >= 15 is 0 Å². The Kier molecular flexibility index (Phi) is 8.43. The summed E-state index contributed by atoms with van der Waals surface area (Å²) in [6.07, 6.45) is 2.34. The highest BCUT2D eigenvalue weighted by molar-refractivity contribution is 7.86. The SMILES string of the molecule is CCCCS(=O)c1ccc(OC(C)(C)CCOS(=O)(=O)c2ccc(C)cc2)cc1. The van der Waals surface area contributed by atoms with E-state index in [1.165, 1.54) is 12.1 Å². The second-order valence-electron chi connectivity index (χ2n) is 7.58. The molecule has 7 heteroatoms. The van der Waals surface area contributed by atoms with Gasteiger partial charge in [0, 0.05) is 17.1 Å². The van der Waals surface area contributed by atoms with Crippen molar-refractivity contribution < 1.29 is 21.5 Å². The summed E-state index contributed by atoms with van der Waals surface area (Å²) in [4.78, 5) is 0.935. The molecule has 0 spiro atoms. The lowest BCUT2D eigenvalue weighted by molar-refractivity contribution is 0.0822. The maximum absolute atomic E-state index is 12.3. The molecule has 1 atom stereocenters. The number of benzene rings is 2. The van der Waals surface area contributed by atoms with Gasteiger partial charge in [0.1, 0.15) is 11.4 Å². The topological polar surface area (TPSA) is 69.7 Å². The fourth-order valence-corrected chi connectivity index (χ4v) is 4.73. The highest BCUT2D eigenvalue weighted by atomic mass is 32.2. The first-order valence-electron chi connectivity index (χ1n) is 9.76. The van der Waals surface area contributed by atoms with Gasteiger partial charge in [-0.05, 0) is 63.6 Å². The Morgan fingerprint density at radius 3 is 2.21 bits per heavy atom. The number of ether oxygens (including phenoxy) is 1. The average molecular weight is 439 g/mol. The van der Waals surface area contributed by atoms with E-state index in [0.717, 1.165) is 23.3 Å². The molecule has 0 amide bonds. The highest BCUT2D eigenvalue weighted by Crippen LogP contribution is 2.23. The zero-order valence-electron chi connectivity index (χ0n) is 17.5. The molecular formula is C22H30O5S2. The molecule has 5 nitrogen and oxygen atoms in total. The molecule has 0 aliphatic carbocycles. The Morgan fingerprint density at radius 2 is 1.62 bits per heavy atom. The van der Waals surface area contributed by atoms with Crippen LogP contribution in [0.3, 0.4) is 0 Å². The predicted octanol–water partition coefficient (Wildman–Crippen LogP) is 4.86. The fraction of sp³-hybridized carbons (Fsp3) is 0.455. The lowest BCUT2D eigenvalue weighted by atomic mass is 10.1. The van der Waals surface area contributed by atoms with Crippen LogP contribution in [0, 0.1) is 6.92 Å². The van der Waals surface area contributed by atoms with Crippen LogP contribution in [0.25, 0.3) is 0 Å². The molecule has 160 valence electrons. The van der Waals surface area contributed by atoms with Crippen molar-refractivity contribution in [3.8, 4) is 5.75 Å². The third kappa shape index (κ3) is 7.57. The molecule has 0 saturated carbocycles. The summed E-state index contributed by atoms with van der Waals surface area (Å²) in [5.41, 5.74) is 0.366. The average Bonchev–Trinajstić information content (AvgIpc) is 2.66. The Labute approximate surface area is 177 Å². The Hall–Kier alpha value is -1.70. The van der Waals surface area contributed by atoms with Gasteiger partial charge in [-0.2, -0.15) is 8.42 Å². The van der Waals surface area contributed by atoms with Gasteiger partial charge in [-0.1, -0.05) is 31.0 Å². The van der Waals surface area contributed by atoms with Crippen molar-refractivity contribution in [2.75, 3.05) is 12.4 Å². The van der Waals surface area contributed by atoms with E-state index in [1.807, 2.05) is 32.9 Å². The molecule has 29 heavy (non-hydrogen) atoms. The summed E-state index contributed by atoms with van der Waals surface area (Å²) >= 11 is 0. The van der Waals surface area contributed by atoms with E-state index < -0.39 is 26.5 Å².